The lowest BCUT2D eigenvalue weighted by Crippen LogP contribution is -1.93. The number of nitrogen functional groups attached to an aromatic ring is 1. The highest BCUT2D eigenvalue weighted by atomic mass is 35.5. The summed E-state index contributed by atoms with van der Waals surface area (Å²) in [5.74, 6) is 0. The molecule has 17 heavy (non-hydrogen) atoms. The molecule has 2 rings (SSSR count). The highest BCUT2D eigenvalue weighted by Gasteiger charge is 2.08. The van der Waals surface area contributed by atoms with Crippen LogP contribution >= 0.6 is 11.6 Å². The number of benzene rings is 2. The SMILES string of the molecule is Cc1ccc(N)c(-c2cc(C)c(Cl)cc2C)c1. The van der Waals surface area contributed by atoms with E-state index < -0.39 is 0 Å². The summed E-state index contributed by atoms with van der Waals surface area (Å²) in [7, 11) is 0. The van der Waals surface area contributed by atoms with Gasteiger partial charge in [-0.3, -0.25) is 0 Å². The van der Waals surface area contributed by atoms with E-state index >= 15 is 0 Å². The van der Waals surface area contributed by atoms with Gasteiger partial charge >= 0.3 is 0 Å². The van der Waals surface area contributed by atoms with Gasteiger partial charge in [0.15, 0.2) is 0 Å². The zero-order chi connectivity index (χ0) is 12.6. The van der Waals surface area contributed by atoms with Crippen molar-refractivity contribution < 1.29 is 0 Å². The zero-order valence-corrected chi connectivity index (χ0v) is 11.1. The van der Waals surface area contributed by atoms with Crippen molar-refractivity contribution in [3.05, 3.63) is 52.0 Å². The zero-order valence-electron chi connectivity index (χ0n) is 10.3. The van der Waals surface area contributed by atoms with Crippen molar-refractivity contribution in [1.82, 2.24) is 0 Å². The Balaban J connectivity index is 2.68. The number of rotatable bonds is 1. The number of anilines is 1. The summed E-state index contributed by atoms with van der Waals surface area (Å²) >= 11 is 6.11. The first-order chi connectivity index (χ1) is 7.99. The first-order valence-corrected chi connectivity index (χ1v) is 6.00. The molecule has 1 nitrogen and oxygen atoms in total. The van der Waals surface area contributed by atoms with Gasteiger partial charge in [0, 0.05) is 16.3 Å². The summed E-state index contributed by atoms with van der Waals surface area (Å²) in [6.07, 6.45) is 0. The molecule has 0 fully saturated rings. The van der Waals surface area contributed by atoms with E-state index in [-0.39, 0.29) is 0 Å². The molecule has 0 unspecified atom stereocenters. The van der Waals surface area contributed by atoms with Crippen molar-refractivity contribution >= 4 is 17.3 Å². The van der Waals surface area contributed by atoms with Crippen molar-refractivity contribution in [3.8, 4) is 11.1 Å². The summed E-state index contributed by atoms with van der Waals surface area (Å²) in [5.41, 5.74) is 12.5. The van der Waals surface area contributed by atoms with E-state index in [1.807, 2.05) is 25.1 Å². The summed E-state index contributed by atoms with van der Waals surface area (Å²) in [6, 6.07) is 10.2. The molecule has 2 N–H and O–H groups in total. The van der Waals surface area contributed by atoms with E-state index in [0.29, 0.717) is 0 Å². The van der Waals surface area contributed by atoms with Crippen LogP contribution in [0, 0.1) is 20.8 Å². The van der Waals surface area contributed by atoms with Gasteiger partial charge in [0.05, 0.1) is 0 Å². The molecule has 0 saturated carbocycles. The molecule has 2 aromatic carbocycles. The minimum atomic E-state index is 0.803. The number of hydrogen-bond donors (Lipinski definition) is 1. The Bertz CT molecular complexity index is 573. The Morgan fingerprint density at radius 2 is 1.59 bits per heavy atom. The Morgan fingerprint density at radius 3 is 2.29 bits per heavy atom. The maximum absolute atomic E-state index is 6.11. The molecule has 0 aliphatic heterocycles. The number of halogens is 1. The molecule has 0 spiro atoms. The van der Waals surface area contributed by atoms with E-state index in [0.717, 1.165) is 33.0 Å². The van der Waals surface area contributed by atoms with E-state index in [4.69, 9.17) is 17.3 Å². The normalized spacial score (nSPS) is 10.6. The molecule has 2 heteroatoms. The first kappa shape index (κ1) is 12.0. The van der Waals surface area contributed by atoms with Gasteiger partial charge < -0.3 is 5.73 Å². The predicted octanol–water partition coefficient (Wildman–Crippen LogP) is 4.51. The van der Waals surface area contributed by atoms with Crippen LogP contribution in [-0.4, -0.2) is 0 Å². The fourth-order valence-corrected chi connectivity index (χ4v) is 2.19. The number of nitrogens with two attached hydrogens (primary N) is 1. The molecule has 2 aromatic rings. The first-order valence-electron chi connectivity index (χ1n) is 5.62. The van der Waals surface area contributed by atoms with Gasteiger partial charge in [-0.1, -0.05) is 23.2 Å². The Kier molecular flexibility index (Phi) is 3.12. The predicted molar refractivity (Wildman–Crippen MR) is 75.5 cm³/mol. The van der Waals surface area contributed by atoms with Crippen molar-refractivity contribution in [2.75, 3.05) is 5.73 Å². The van der Waals surface area contributed by atoms with Crippen molar-refractivity contribution in [1.29, 1.82) is 0 Å². The van der Waals surface area contributed by atoms with Crippen LogP contribution in [-0.2, 0) is 0 Å². The van der Waals surface area contributed by atoms with Crippen molar-refractivity contribution in [3.63, 3.8) is 0 Å². The molecular weight excluding hydrogens is 230 g/mol. The summed E-state index contributed by atoms with van der Waals surface area (Å²) in [6.45, 7) is 6.14. The molecule has 0 radical (unpaired) electrons. The molecule has 0 heterocycles. The lowest BCUT2D eigenvalue weighted by atomic mass is 9.96. The quantitative estimate of drug-likeness (QED) is 0.735. The van der Waals surface area contributed by atoms with E-state index in [1.54, 1.807) is 0 Å². The van der Waals surface area contributed by atoms with Crippen LogP contribution in [0.25, 0.3) is 11.1 Å². The monoisotopic (exact) mass is 245 g/mol. The van der Waals surface area contributed by atoms with Crippen LogP contribution in [0.1, 0.15) is 16.7 Å². The number of hydrogen-bond acceptors (Lipinski definition) is 1. The van der Waals surface area contributed by atoms with Gasteiger partial charge in [0.25, 0.3) is 0 Å². The van der Waals surface area contributed by atoms with Gasteiger partial charge in [-0.2, -0.15) is 0 Å². The van der Waals surface area contributed by atoms with Crippen LogP contribution < -0.4 is 5.73 Å². The lowest BCUT2D eigenvalue weighted by Gasteiger charge is -2.12. The topological polar surface area (TPSA) is 26.0 Å². The number of aryl methyl sites for hydroxylation is 3. The van der Waals surface area contributed by atoms with Crippen molar-refractivity contribution in [2.24, 2.45) is 0 Å². The third kappa shape index (κ3) is 2.29. The van der Waals surface area contributed by atoms with Crippen LogP contribution in [0.5, 0.6) is 0 Å². The Morgan fingerprint density at radius 1 is 0.882 bits per heavy atom. The Labute approximate surface area is 107 Å². The molecule has 0 saturated heterocycles. The van der Waals surface area contributed by atoms with E-state index in [1.165, 1.54) is 5.56 Å². The highest BCUT2D eigenvalue weighted by molar-refractivity contribution is 6.31. The molecule has 88 valence electrons. The van der Waals surface area contributed by atoms with Crippen LogP contribution in [0.2, 0.25) is 5.02 Å². The molecule has 0 atom stereocenters. The molecule has 0 aliphatic rings. The standard InChI is InChI=1S/C15H16ClN/c1-9-4-5-15(17)13(6-9)12-7-11(3)14(16)8-10(12)2/h4-8H,17H2,1-3H3. The fraction of sp³-hybridized carbons (Fsp3) is 0.200. The smallest absolute Gasteiger partial charge is 0.0438 e. The third-order valence-electron chi connectivity index (χ3n) is 3.00. The maximum Gasteiger partial charge on any atom is 0.0438 e. The largest absolute Gasteiger partial charge is 0.398 e. The second-order valence-electron chi connectivity index (χ2n) is 4.51. The fourth-order valence-electron chi connectivity index (χ4n) is 1.97. The summed E-state index contributed by atoms with van der Waals surface area (Å²) < 4.78 is 0. The molecule has 0 amide bonds. The second-order valence-corrected chi connectivity index (χ2v) is 4.91. The van der Waals surface area contributed by atoms with Crippen LogP contribution in [0.3, 0.4) is 0 Å². The second kappa shape index (κ2) is 4.42. The summed E-state index contributed by atoms with van der Waals surface area (Å²) in [4.78, 5) is 0. The molecule has 0 aromatic heterocycles. The van der Waals surface area contributed by atoms with E-state index in [2.05, 4.69) is 26.0 Å². The van der Waals surface area contributed by atoms with Gasteiger partial charge in [-0.05, 0) is 61.7 Å². The summed E-state index contributed by atoms with van der Waals surface area (Å²) in [5, 5.41) is 0.803. The minimum absolute atomic E-state index is 0.803. The van der Waals surface area contributed by atoms with E-state index in [9.17, 15) is 0 Å². The lowest BCUT2D eigenvalue weighted by molar-refractivity contribution is 1.38. The van der Waals surface area contributed by atoms with Crippen molar-refractivity contribution in [2.45, 2.75) is 20.8 Å². The van der Waals surface area contributed by atoms with Gasteiger partial charge in [0.2, 0.25) is 0 Å². The highest BCUT2D eigenvalue weighted by Crippen LogP contribution is 2.32. The molecule has 0 aliphatic carbocycles. The average Bonchev–Trinajstić information content (AvgIpc) is 2.27. The van der Waals surface area contributed by atoms with Crippen LogP contribution in [0.4, 0.5) is 5.69 Å². The maximum atomic E-state index is 6.11. The van der Waals surface area contributed by atoms with Gasteiger partial charge in [-0.25, -0.2) is 0 Å². The van der Waals surface area contributed by atoms with Crippen LogP contribution in [0.15, 0.2) is 30.3 Å². The minimum Gasteiger partial charge on any atom is -0.398 e. The Hall–Kier alpha value is -1.47. The van der Waals surface area contributed by atoms with Gasteiger partial charge in [0.1, 0.15) is 0 Å². The molecule has 0 bridgehead atoms. The molecular formula is C15H16ClN. The van der Waals surface area contributed by atoms with Gasteiger partial charge in [-0.15, -0.1) is 0 Å². The third-order valence-corrected chi connectivity index (χ3v) is 3.41. The average molecular weight is 246 g/mol.